The van der Waals surface area contributed by atoms with Crippen molar-refractivity contribution in [1.82, 2.24) is 0 Å². The highest BCUT2D eigenvalue weighted by Crippen LogP contribution is 2.26. The summed E-state index contributed by atoms with van der Waals surface area (Å²) in [6.45, 7) is 0. The number of hydrogen-bond donors (Lipinski definition) is 0. The van der Waals surface area contributed by atoms with Crippen LogP contribution in [-0.2, 0) is 0 Å². The molecule has 0 aliphatic rings. The quantitative estimate of drug-likeness (QED) is 0.497. The molecule has 0 aliphatic heterocycles. The van der Waals surface area contributed by atoms with E-state index in [0.29, 0.717) is 11.3 Å². The van der Waals surface area contributed by atoms with E-state index in [4.69, 9.17) is 4.74 Å². The van der Waals surface area contributed by atoms with Crippen molar-refractivity contribution in [2.45, 2.75) is 0 Å². The average Bonchev–Trinajstić information content (AvgIpc) is 2.75. The highest BCUT2D eigenvalue weighted by atomic mass is 127. The topological polar surface area (TPSA) is 26.3 Å². The Bertz CT molecular complexity index is 563. The predicted molar refractivity (Wildman–Crippen MR) is 86.2 cm³/mol. The molecule has 2 aromatic rings. The van der Waals surface area contributed by atoms with Gasteiger partial charge in [0.2, 0.25) is 0 Å². The van der Waals surface area contributed by atoms with Crippen LogP contribution in [0.25, 0.3) is 0 Å². The molecule has 1 heterocycles. The van der Waals surface area contributed by atoms with Gasteiger partial charge in [-0.2, -0.15) is 0 Å². The molecule has 0 aliphatic carbocycles. The number of thiophene rings is 1. The number of ketones is 1. The number of ether oxygens (including phenoxy) is 1. The SMILES string of the molecule is COc1ccc(I)cc1C(=O)c1csc(I)c1. The molecule has 2 rings (SSSR count). The van der Waals surface area contributed by atoms with E-state index < -0.39 is 0 Å². The van der Waals surface area contributed by atoms with Crippen molar-refractivity contribution in [2.24, 2.45) is 0 Å². The lowest BCUT2D eigenvalue weighted by Crippen LogP contribution is -2.03. The molecule has 0 bridgehead atoms. The number of methoxy groups -OCH3 is 1. The van der Waals surface area contributed by atoms with Gasteiger partial charge in [0.25, 0.3) is 0 Å². The molecule has 0 fully saturated rings. The van der Waals surface area contributed by atoms with E-state index in [1.807, 2.05) is 29.6 Å². The van der Waals surface area contributed by atoms with Crippen LogP contribution in [0.2, 0.25) is 0 Å². The molecule has 1 aromatic heterocycles. The fraction of sp³-hybridized carbons (Fsp3) is 0.0833. The van der Waals surface area contributed by atoms with Crippen molar-refractivity contribution < 1.29 is 9.53 Å². The molecule has 0 atom stereocenters. The van der Waals surface area contributed by atoms with Gasteiger partial charge in [0.15, 0.2) is 5.78 Å². The Morgan fingerprint density at radius 1 is 1.29 bits per heavy atom. The van der Waals surface area contributed by atoms with Gasteiger partial charge in [0.1, 0.15) is 5.75 Å². The molecule has 0 spiro atoms. The molecule has 1 aromatic carbocycles. The van der Waals surface area contributed by atoms with Gasteiger partial charge >= 0.3 is 0 Å². The van der Waals surface area contributed by atoms with E-state index >= 15 is 0 Å². The third kappa shape index (κ3) is 3.00. The van der Waals surface area contributed by atoms with Crippen LogP contribution in [-0.4, -0.2) is 12.9 Å². The molecule has 0 radical (unpaired) electrons. The summed E-state index contributed by atoms with van der Waals surface area (Å²) >= 11 is 5.97. The maximum absolute atomic E-state index is 12.3. The van der Waals surface area contributed by atoms with Crippen molar-refractivity contribution >= 4 is 62.3 Å². The zero-order valence-corrected chi connectivity index (χ0v) is 14.0. The molecular formula is C12H8I2O2S. The van der Waals surface area contributed by atoms with Crippen molar-refractivity contribution in [3.05, 3.63) is 47.2 Å². The number of benzene rings is 1. The minimum Gasteiger partial charge on any atom is -0.496 e. The zero-order chi connectivity index (χ0) is 12.4. The third-order valence-electron chi connectivity index (χ3n) is 2.24. The van der Waals surface area contributed by atoms with Gasteiger partial charge in [0, 0.05) is 14.5 Å². The van der Waals surface area contributed by atoms with Crippen LogP contribution in [0.4, 0.5) is 0 Å². The largest absolute Gasteiger partial charge is 0.496 e. The Morgan fingerprint density at radius 3 is 2.65 bits per heavy atom. The van der Waals surface area contributed by atoms with E-state index in [2.05, 4.69) is 45.2 Å². The molecule has 17 heavy (non-hydrogen) atoms. The standard InChI is InChI=1S/C12H8I2O2S/c1-16-10-3-2-8(13)5-9(10)12(15)7-4-11(14)17-6-7/h2-6H,1H3. The van der Waals surface area contributed by atoms with Crippen molar-refractivity contribution in [1.29, 1.82) is 0 Å². The lowest BCUT2D eigenvalue weighted by Gasteiger charge is -2.07. The summed E-state index contributed by atoms with van der Waals surface area (Å²) in [5.41, 5.74) is 1.34. The third-order valence-corrected chi connectivity index (χ3v) is 4.70. The first-order valence-electron chi connectivity index (χ1n) is 4.74. The second-order valence-electron chi connectivity index (χ2n) is 3.31. The van der Waals surface area contributed by atoms with E-state index in [9.17, 15) is 4.79 Å². The summed E-state index contributed by atoms with van der Waals surface area (Å²) in [5, 5.41) is 1.88. The maximum atomic E-state index is 12.3. The summed E-state index contributed by atoms with van der Waals surface area (Å²) in [5.74, 6) is 0.635. The average molecular weight is 470 g/mol. The van der Waals surface area contributed by atoms with Crippen LogP contribution in [0, 0.1) is 6.45 Å². The summed E-state index contributed by atoms with van der Waals surface area (Å²) < 4.78 is 7.36. The first-order chi connectivity index (χ1) is 8.11. The van der Waals surface area contributed by atoms with Gasteiger partial charge in [-0.1, -0.05) is 0 Å². The van der Waals surface area contributed by atoms with Gasteiger partial charge in [0.05, 0.1) is 15.6 Å². The Morgan fingerprint density at radius 2 is 2.06 bits per heavy atom. The minimum absolute atomic E-state index is 0.0135. The summed E-state index contributed by atoms with van der Waals surface area (Å²) in [7, 11) is 1.58. The lowest BCUT2D eigenvalue weighted by atomic mass is 10.1. The number of carbonyl (C=O) groups is 1. The molecule has 0 N–H and O–H groups in total. The Balaban J connectivity index is 2.46. The summed E-state index contributed by atoms with van der Waals surface area (Å²) in [6.07, 6.45) is 0. The van der Waals surface area contributed by atoms with Crippen molar-refractivity contribution in [3.8, 4) is 5.75 Å². The van der Waals surface area contributed by atoms with Crippen LogP contribution in [0.3, 0.4) is 0 Å². The van der Waals surface area contributed by atoms with Gasteiger partial charge in [-0.25, -0.2) is 0 Å². The monoisotopic (exact) mass is 470 g/mol. The van der Waals surface area contributed by atoms with Gasteiger partial charge in [-0.15, -0.1) is 11.3 Å². The minimum atomic E-state index is 0.0135. The first-order valence-corrected chi connectivity index (χ1v) is 7.78. The molecule has 0 amide bonds. The number of carbonyl (C=O) groups excluding carboxylic acids is 1. The fourth-order valence-corrected chi connectivity index (χ4v) is 3.26. The van der Waals surface area contributed by atoms with Gasteiger partial charge < -0.3 is 4.74 Å². The zero-order valence-electron chi connectivity index (χ0n) is 8.87. The Hall–Kier alpha value is -0.150. The Labute approximate surface area is 131 Å². The summed E-state index contributed by atoms with van der Waals surface area (Å²) in [6, 6.07) is 7.50. The van der Waals surface area contributed by atoms with Crippen molar-refractivity contribution in [3.63, 3.8) is 0 Å². The maximum Gasteiger partial charge on any atom is 0.197 e. The van der Waals surface area contributed by atoms with Gasteiger partial charge in [-0.05, 0) is 69.4 Å². The molecule has 0 saturated carbocycles. The normalized spacial score (nSPS) is 10.3. The van der Waals surface area contributed by atoms with Crippen molar-refractivity contribution in [2.75, 3.05) is 7.11 Å². The Kier molecular flexibility index (Phi) is 4.42. The van der Waals surface area contributed by atoms with Crippen LogP contribution in [0.15, 0.2) is 29.6 Å². The smallest absolute Gasteiger partial charge is 0.197 e. The predicted octanol–water partition coefficient (Wildman–Crippen LogP) is 4.20. The van der Waals surface area contributed by atoms with Crippen LogP contribution >= 0.6 is 56.5 Å². The first kappa shape index (κ1) is 13.3. The van der Waals surface area contributed by atoms with E-state index in [1.54, 1.807) is 18.4 Å². The fourth-order valence-electron chi connectivity index (χ4n) is 1.44. The number of halogens is 2. The molecule has 0 unspecified atom stereocenters. The van der Waals surface area contributed by atoms with Crippen LogP contribution in [0.1, 0.15) is 15.9 Å². The number of hydrogen-bond acceptors (Lipinski definition) is 3. The van der Waals surface area contributed by atoms with Crippen LogP contribution in [0.5, 0.6) is 5.75 Å². The number of rotatable bonds is 3. The highest BCUT2D eigenvalue weighted by molar-refractivity contribution is 14.1. The highest BCUT2D eigenvalue weighted by Gasteiger charge is 2.16. The molecule has 5 heteroatoms. The van der Waals surface area contributed by atoms with E-state index in [0.717, 1.165) is 12.0 Å². The second kappa shape index (κ2) is 5.66. The van der Waals surface area contributed by atoms with Crippen LogP contribution < -0.4 is 4.74 Å². The molecule has 0 saturated heterocycles. The van der Waals surface area contributed by atoms with E-state index in [1.165, 1.54) is 0 Å². The van der Waals surface area contributed by atoms with Gasteiger partial charge in [-0.3, -0.25) is 4.79 Å². The second-order valence-corrected chi connectivity index (χ2v) is 7.36. The van der Waals surface area contributed by atoms with E-state index in [-0.39, 0.29) is 5.78 Å². The molecule has 88 valence electrons. The lowest BCUT2D eigenvalue weighted by molar-refractivity contribution is 0.103. The molecule has 2 nitrogen and oxygen atoms in total. The molecular weight excluding hydrogens is 462 g/mol. The summed E-state index contributed by atoms with van der Waals surface area (Å²) in [4.78, 5) is 12.3.